The summed E-state index contributed by atoms with van der Waals surface area (Å²) in [4.78, 5) is 132. The number of halogens is 4. The van der Waals surface area contributed by atoms with Crippen molar-refractivity contribution < 1.29 is 107 Å². The van der Waals surface area contributed by atoms with Gasteiger partial charge in [-0.3, -0.25) is 62.8 Å². The fourth-order valence-electron chi connectivity index (χ4n) is 10.1. The molecule has 4 aromatic carbocycles. The number of aliphatic carboxylic acids is 1. The SMILES string of the molecule is O=C(O)CCCCCN1CCN2CCNC(=O)c3cc(Cl)cc(c3[O-])C(=O)NCCN(CCNC(=O)c3cc(Cl)cc(c3[O-])C1=O)CCN1CCNC(=O)c3cc(Cl)cc(c3[O-])C(=O)NCCN(CCNC(=O)c3cc(Cl)cc(c3[O-])C(=O)NCC1)CC2.[Tb+3]. The topological polar surface area (TPSA) is 367 Å². The van der Waals surface area contributed by atoms with Gasteiger partial charge in [0.05, 0.1) is 0 Å². The van der Waals surface area contributed by atoms with Gasteiger partial charge in [0.1, 0.15) is 0 Å². The van der Waals surface area contributed by atoms with Gasteiger partial charge in [0, 0.05) is 208 Å². The Labute approximate surface area is 563 Å². The second-order valence-electron chi connectivity index (χ2n) is 21.0. The molecule has 0 saturated heterocycles. The van der Waals surface area contributed by atoms with E-state index in [0.717, 1.165) is 48.5 Å². The number of carbonyl (C=O) groups excluding carboxylic acids is 8. The first kappa shape index (κ1) is 71.7. The van der Waals surface area contributed by atoms with E-state index >= 15 is 0 Å². The average Bonchev–Trinajstić information content (AvgIpc) is 3.20. The molecule has 0 spiro atoms. The van der Waals surface area contributed by atoms with Crippen molar-refractivity contribution in [2.45, 2.75) is 25.7 Å². The van der Waals surface area contributed by atoms with E-state index in [0.29, 0.717) is 12.8 Å². The first-order valence-electron chi connectivity index (χ1n) is 28.5. The van der Waals surface area contributed by atoms with E-state index in [-0.39, 0.29) is 209 Å². The standard InChI is InChI=1S/C58H70Cl4N12O14.Tb/c59-34-26-38-47(77)40(28-34)54(84)66-8-17-72-18-9-67-55(85)41-29-35(60)27-39(48(41)78)52(82)64-6-14-70(13-5-63-51(38)81)20-21-71-15-7-65-53(83)42-30-36(61)31-43(49(42)79)56(86)69-11-19-73(23-22-72)24-25-74(12-3-1-2-4-46(75)76)58(88)45-33-37(62)32-44(50(45)80)57(87)68-10-16-71;/h26-33,77-80H,1-25H2,(H,63,81)(H,64,82)(H,65,83)(H,66,84)(H,67,85)(H,68,87)(H,69,86)(H,75,76);/q;+3/p-4. The van der Waals surface area contributed by atoms with Gasteiger partial charge in [0.15, 0.2) is 0 Å². The number of amides is 8. The van der Waals surface area contributed by atoms with E-state index in [1.165, 1.54) is 4.90 Å². The second kappa shape index (κ2) is 34.7. The van der Waals surface area contributed by atoms with Crippen LogP contribution in [0.5, 0.6) is 23.0 Å². The molecule has 0 radical (unpaired) electrons. The molecule has 0 aromatic heterocycles. The molecule has 2 unspecified atom stereocenters. The third kappa shape index (κ3) is 20.6. The summed E-state index contributed by atoms with van der Waals surface area (Å²) in [7, 11) is 0. The van der Waals surface area contributed by atoms with Crippen LogP contribution in [0.15, 0.2) is 48.5 Å². The van der Waals surface area contributed by atoms with Crippen LogP contribution >= 0.6 is 46.4 Å². The molecule has 4 aliphatic rings. The Bertz CT molecular complexity index is 3200. The predicted molar refractivity (Wildman–Crippen MR) is 318 cm³/mol. The molecule has 8 N–H and O–H groups in total. The normalized spacial score (nSPS) is 20.4. The van der Waals surface area contributed by atoms with E-state index in [2.05, 4.69) is 37.2 Å². The third-order valence-corrected chi connectivity index (χ3v) is 15.8. The molecule has 0 fully saturated rings. The number of benzene rings is 4. The smallest absolute Gasteiger partial charge is 0.871 e. The summed E-state index contributed by atoms with van der Waals surface area (Å²) in [6, 6.07) is 9.11. The number of unbranched alkanes of at least 4 members (excludes halogenated alkanes) is 2. The molecule has 31 heteroatoms. The molecule has 89 heavy (non-hydrogen) atoms. The zero-order valence-corrected chi connectivity index (χ0v) is 53.3. The van der Waals surface area contributed by atoms with Crippen molar-refractivity contribution in [1.82, 2.24) is 61.7 Å². The molecular formula is C58H66Cl4N12O14Tb-. The van der Waals surface area contributed by atoms with E-state index in [9.17, 15) is 68.7 Å². The fourth-order valence-corrected chi connectivity index (χ4v) is 11.0. The number of rotatable bonds is 6. The molecule has 12 bridgehead atoms. The first-order valence-corrected chi connectivity index (χ1v) is 30.0. The second-order valence-corrected chi connectivity index (χ2v) is 22.7. The minimum absolute atomic E-state index is 0. The van der Waals surface area contributed by atoms with Crippen LogP contribution in [0.4, 0.5) is 0 Å². The fraction of sp³-hybridized carbons (Fsp3) is 0.431. The van der Waals surface area contributed by atoms with Crippen LogP contribution in [0.1, 0.15) is 109 Å². The van der Waals surface area contributed by atoms with Gasteiger partial charge in [-0.15, -0.1) is 0 Å². The number of carboxylic acids is 1. The number of hydrogen-bond acceptors (Lipinski definition) is 17. The van der Waals surface area contributed by atoms with Crippen LogP contribution in [0.25, 0.3) is 0 Å². The Balaban J connectivity index is 0.0000126. The van der Waals surface area contributed by atoms with E-state index < -0.39 is 121 Å². The van der Waals surface area contributed by atoms with E-state index in [1.807, 2.05) is 0 Å². The summed E-state index contributed by atoms with van der Waals surface area (Å²) in [5, 5.41) is 83.9. The third-order valence-electron chi connectivity index (χ3n) is 14.9. The quantitative estimate of drug-likeness (QED) is 0.119. The molecule has 480 valence electrons. The van der Waals surface area contributed by atoms with Crippen molar-refractivity contribution in [2.75, 3.05) is 137 Å². The Morgan fingerprint density at radius 2 is 0.584 bits per heavy atom. The summed E-state index contributed by atoms with van der Waals surface area (Å²) >= 11 is 25.9. The number of carboxylic acid groups (broad SMARTS) is 1. The number of nitrogens with one attached hydrogen (secondary N) is 7. The van der Waals surface area contributed by atoms with Crippen LogP contribution in [0.2, 0.25) is 20.1 Å². The maximum absolute atomic E-state index is 14.7. The van der Waals surface area contributed by atoms with Crippen LogP contribution in [-0.4, -0.2) is 220 Å². The van der Waals surface area contributed by atoms with Gasteiger partial charge in [-0.05, 0) is 61.4 Å². The molecule has 8 amide bonds. The summed E-state index contributed by atoms with van der Waals surface area (Å²) in [5.74, 6) is -11.4. The molecular weight excluding hydrogens is 1390 g/mol. The van der Waals surface area contributed by atoms with Gasteiger partial charge >= 0.3 is 44.6 Å². The molecule has 4 aromatic rings. The van der Waals surface area contributed by atoms with Crippen molar-refractivity contribution in [3.05, 3.63) is 113 Å². The largest absolute Gasteiger partial charge is 3.00 e. The maximum atomic E-state index is 14.7. The van der Waals surface area contributed by atoms with Crippen molar-refractivity contribution in [2.24, 2.45) is 0 Å². The maximum Gasteiger partial charge on any atom is 3.00 e. The molecule has 4 aliphatic heterocycles. The summed E-state index contributed by atoms with van der Waals surface area (Å²) in [6.45, 7) is -0.457. The Hall–Kier alpha value is -6.40. The summed E-state index contributed by atoms with van der Waals surface area (Å²) in [5.41, 5.74) is -3.38. The van der Waals surface area contributed by atoms with Crippen LogP contribution < -0.4 is 57.6 Å². The van der Waals surface area contributed by atoms with E-state index in [4.69, 9.17) is 46.4 Å². The van der Waals surface area contributed by atoms with Crippen molar-refractivity contribution in [3.8, 4) is 23.0 Å². The van der Waals surface area contributed by atoms with Crippen molar-refractivity contribution in [1.29, 1.82) is 0 Å². The summed E-state index contributed by atoms with van der Waals surface area (Å²) < 4.78 is 0. The van der Waals surface area contributed by atoms with Gasteiger partial charge < -0.3 is 67.7 Å². The Morgan fingerprint density at radius 1 is 0.360 bits per heavy atom. The zero-order chi connectivity index (χ0) is 63.6. The zero-order valence-electron chi connectivity index (χ0n) is 48.1. The molecule has 0 saturated carbocycles. The number of nitrogens with zero attached hydrogens (tertiary/aromatic N) is 5. The van der Waals surface area contributed by atoms with Gasteiger partial charge in [-0.2, -0.15) is 0 Å². The van der Waals surface area contributed by atoms with E-state index in [1.54, 1.807) is 19.6 Å². The number of hydrogen-bond donors (Lipinski definition) is 8. The minimum Gasteiger partial charge on any atom is -0.871 e. The minimum atomic E-state index is -1.01. The van der Waals surface area contributed by atoms with Crippen molar-refractivity contribution in [3.63, 3.8) is 0 Å². The van der Waals surface area contributed by atoms with Crippen LogP contribution in [0.3, 0.4) is 0 Å². The molecule has 26 nitrogen and oxygen atoms in total. The molecule has 0 aliphatic carbocycles. The Morgan fingerprint density at radius 3 is 0.843 bits per heavy atom. The first-order chi connectivity index (χ1) is 42.1. The van der Waals surface area contributed by atoms with Gasteiger partial charge in [0.25, 0.3) is 47.3 Å². The Kier molecular flexibility index (Phi) is 27.9. The molecule has 2 atom stereocenters. The molecule has 4 heterocycles. The van der Waals surface area contributed by atoms with Gasteiger partial charge in [0.2, 0.25) is 0 Å². The van der Waals surface area contributed by atoms with Gasteiger partial charge in [-0.1, -0.05) is 75.8 Å². The van der Waals surface area contributed by atoms with Crippen LogP contribution in [0, 0.1) is 38.6 Å². The van der Waals surface area contributed by atoms with Gasteiger partial charge in [-0.25, -0.2) is 0 Å². The predicted octanol–water partition coefficient (Wildman–Crippen LogP) is 0.140. The number of fused-ring (bicyclic) bond motifs is 16. The number of carbonyl (C=O) groups is 9. The average molecular weight is 1460 g/mol. The molecule has 8 rings (SSSR count). The van der Waals surface area contributed by atoms with Crippen LogP contribution in [-0.2, 0) is 4.79 Å². The monoisotopic (exact) mass is 1450 g/mol. The van der Waals surface area contributed by atoms with Crippen molar-refractivity contribution >= 4 is 99.6 Å². The summed E-state index contributed by atoms with van der Waals surface area (Å²) in [6.07, 6.45) is 0.808.